The molecule has 1 aliphatic heterocycles. The van der Waals surface area contributed by atoms with Crippen LogP contribution in [0, 0.1) is 18.8 Å². The standard InChI is InChI=1S/C13H22N4/c1-8-5-9(2)11(4)17(7-8)12-6-10(3)15-13(14)16-12/h6,8-9,11H,5,7H2,1-4H3,(H2,14,15,16). The second-order valence-corrected chi connectivity index (χ2v) is 5.44. The van der Waals surface area contributed by atoms with Crippen LogP contribution in [0.15, 0.2) is 6.07 Å². The fourth-order valence-corrected chi connectivity index (χ4v) is 2.74. The van der Waals surface area contributed by atoms with Crippen LogP contribution >= 0.6 is 0 Å². The van der Waals surface area contributed by atoms with Crippen molar-refractivity contribution in [2.24, 2.45) is 11.8 Å². The highest BCUT2D eigenvalue weighted by Crippen LogP contribution is 2.30. The summed E-state index contributed by atoms with van der Waals surface area (Å²) in [6, 6.07) is 2.54. The maximum Gasteiger partial charge on any atom is 0.222 e. The molecule has 17 heavy (non-hydrogen) atoms. The molecule has 2 N–H and O–H groups in total. The predicted octanol–water partition coefficient (Wildman–Crippen LogP) is 2.24. The van der Waals surface area contributed by atoms with Crippen LogP contribution in [-0.2, 0) is 0 Å². The lowest BCUT2D eigenvalue weighted by Gasteiger charge is -2.41. The number of aryl methyl sites for hydroxylation is 1. The number of anilines is 2. The number of nitrogens with two attached hydrogens (primary N) is 1. The van der Waals surface area contributed by atoms with Crippen molar-refractivity contribution >= 4 is 11.8 Å². The SMILES string of the molecule is Cc1cc(N2CC(C)CC(C)C2C)nc(N)n1. The van der Waals surface area contributed by atoms with Crippen molar-refractivity contribution in [1.82, 2.24) is 9.97 Å². The summed E-state index contributed by atoms with van der Waals surface area (Å²) in [5.74, 6) is 2.74. The van der Waals surface area contributed by atoms with E-state index in [2.05, 4.69) is 35.6 Å². The second kappa shape index (κ2) is 4.51. The predicted molar refractivity (Wildman–Crippen MR) is 70.9 cm³/mol. The molecule has 3 atom stereocenters. The van der Waals surface area contributed by atoms with Gasteiger partial charge in [0.15, 0.2) is 0 Å². The smallest absolute Gasteiger partial charge is 0.222 e. The summed E-state index contributed by atoms with van der Waals surface area (Å²) in [6.45, 7) is 9.89. The van der Waals surface area contributed by atoms with Crippen LogP contribution in [0.4, 0.5) is 11.8 Å². The first-order chi connectivity index (χ1) is 7.97. The molecule has 4 heteroatoms. The third-order valence-electron chi connectivity index (χ3n) is 3.75. The van der Waals surface area contributed by atoms with Gasteiger partial charge in [-0.3, -0.25) is 0 Å². The van der Waals surface area contributed by atoms with Gasteiger partial charge in [-0.15, -0.1) is 0 Å². The van der Waals surface area contributed by atoms with Gasteiger partial charge in [-0.2, -0.15) is 4.98 Å². The van der Waals surface area contributed by atoms with Crippen LogP contribution in [0.3, 0.4) is 0 Å². The van der Waals surface area contributed by atoms with E-state index in [0.29, 0.717) is 23.8 Å². The maximum atomic E-state index is 5.73. The number of nitrogen functional groups attached to an aromatic ring is 1. The second-order valence-electron chi connectivity index (χ2n) is 5.44. The van der Waals surface area contributed by atoms with E-state index in [4.69, 9.17) is 5.73 Å². The van der Waals surface area contributed by atoms with Gasteiger partial charge < -0.3 is 10.6 Å². The summed E-state index contributed by atoms with van der Waals surface area (Å²) < 4.78 is 0. The van der Waals surface area contributed by atoms with Gasteiger partial charge in [-0.25, -0.2) is 4.98 Å². The lowest BCUT2D eigenvalue weighted by atomic mass is 9.86. The molecule has 0 bridgehead atoms. The van der Waals surface area contributed by atoms with Gasteiger partial charge >= 0.3 is 0 Å². The van der Waals surface area contributed by atoms with Crippen LogP contribution in [0.1, 0.15) is 32.9 Å². The minimum absolute atomic E-state index is 0.373. The summed E-state index contributed by atoms with van der Waals surface area (Å²) in [5, 5.41) is 0. The molecule has 1 saturated heterocycles. The molecule has 0 amide bonds. The zero-order valence-electron chi connectivity index (χ0n) is 11.1. The topological polar surface area (TPSA) is 55.0 Å². The largest absolute Gasteiger partial charge is 0.368 e. The third kappa shape index (κ3) is 2.51. The molecule has 2 rings (SSSR count). The molecule has 2 heterocycles. The van der Waals surface area contributed by atoms with Crippen molar-refractivity contribution in [1.29, 1.82) is 0 Å². The molecule has 1 aliphatic rings. The number of rotatable bonds is 1. The molecule has 3 unspecified atom stereocenters. The van der Waals surface area contributed by atoms with Crippen LogP contribution in [0.5, 0.6) is 0 Å². The van der Waals surface area contributed by atoms with E-state index in [1.165, 1.54) is 6.42 Å². The molecule has 1 aromatic rings. The van der Waals surface area contributed by atoms with Crippen molar-refractivity contribution in [2.75, 3.05) is 17.2 Å². The Balaban J connectivity index is 2.30. The summed E-state index contributed by atoms with van der Waals surface area (Å²) in [7, 11) is 0. The molecule has 1 fully saturated rings. The zero-order valence-corrected chi connectivity index (χ0v) is 11.1. The number of aromatic nitrogens is 2. The van der Waals surface area contributed by atoms with E-state index in [-0.39, 0.29) is 0 Å². The Morgan fingerprint density at radius 2 is 2.00 bits per heavy atom. The molecule has 4 nitrogen and oxygen atoms in total. The van der Waals surface area contributed by atoms with Gasteiger partial charge in [-0.1, -0.05) is 13.8 Å². The highest BCUT2D eigenvalue weighted by Gasteiger charge is 2.29. The minimum atomic E-state index is 0.373. The van der Waals surface area contributed by atoms with Crippen LogP contribution in [0.2, 0.25) is 0 Å². The van der Waals surface area contributed by atoms with E-state index < -0.39 is 0 Å². The molecule has 0 radical (unpaired) electrons. The van der Waals surface area contributed by atoms with Crippen LogP contribution in [0.25, 0.3) is 0 Å². The molecule has 0 aromatic carbocycles. The summed E-state index contributed by atoms with van der Waals surface area (Å²) in [5.41, 5.74) is 6.67. The Kier molecular flexibility index (Phi) is 3.22. The first-order valence-electron chi connectivity index (χ1n) is 6.35. The quantitative estimate of drug-likeness (QED) is 0.809. The van der Waals surface area contributed by atoms with E-state index in [1.54, 1.807) is 0 Å². The molecule has 94 valence electrons. The molecule has 0 spiro atoms. The fourth-order valence-electron chi connectivity index (χ4n) is 2.74. The van der Waals surface area contributed by atoms with E-state index in [0.717, 1.165) is 18.1 Å². The highest BCUT2D eigenvalue weighted by atomic mass is 15.2. The first-order valence-corrected chi connectivity index (χ1v) is 6.35. The summed E-state index contributed by atoms with van der Waals surface area (Å²) >= 11 is 0. The van der Waals surface area contributed by atoms with Gasteiger partial charge in [0.05, 0.1) is 0 Å². The van der Waals surface area contributed by atoms with Crippen molar-refractivity contribution in [3.8, 4) is 0 Å². The molecule has 1 aromatic heterocycles. The van der Waals surface area contributed by atoms with E-state index >= 15 is 0 Å². The lowest BCUT2D eigenvalue weighted by molar-refractivity contribution is 0.295. The normalized spacial score (nSPS) is 29.4. The van der Waals surface area contributed by atoms with Gasteiger partial charge in [-0.05, 0) is 32.1 Å². The Labute approximate surface area is 103 Å². The first kappa shape index (κ1) is 12.1. The zero-order chi connectivity index (χ0) is 12.6. The average Bonchev–Trinajstić information content (AvgIpc) is 2.22. The van der Waals surface area contributed by atoms with Gasteiger partial charge in [0, 0.05) is 24.3 Å². The van der Waals surface area contributed by atoms with E-state index in [9.17, 15) is 0 Å². The summed E-state index contributed by atoms with van der Waals surface area (Å²) in [6.07, 6.45) is 1.29. The Morgan fingerprint density at radius 1 is 1.29 bits per heavy atom. The summed E-state index contributed by atoms with van der Waals surface area (Å²) in [4.78, 5) is 10.9. The van der Waals surface area contributed by atoms with E-state index in [1.807, 2.05) is 13.0 Å². The molecular formula is C13H22N4. The Hall–Kier alpha value is -1.32. The number of nitrogens with zero attached hydrogens (tertiary/aromatic N) is 3. The molecular weight excluding hydrogens is 212 g/mol. The average molecular weight is 234 g/mol. The van der Waals surface area contributed by atoms with Crippen molar-refractivity contribution in [3.05, 3.63) is 11.8 Å². The lowest BCUT2D eigenvalue weighted by Crippen LogP contribution is -2.46. The van der Waals surface area contributed by atoms with Crippen LogP contribution in [-0.4, -0.2) is 22.6 Å². The van der Waals surface area contributed by atoms with Crippen molar-refractivity contribution < 1.29 is 0 Å². The number of hydrogen-bond donors (Lipinski definition) is 1. The fraction of sp³-hybridized carbons (Fsp3) is 0.692. The Bertz CT molecular complexity index is 384. The van der Waals surface area contributed by atoms with Crippen molar-refractivity contribution in [3.63, 3.8) is 0 Å². The van der Waals surface area contributed by atoms with Gasteiger partial charge in [0.1, 0.15) is 5.82 Å². The van der Waals surface area contributed by atoms with Crippen LogP contribution < -0.4 is 10.6 Å². The number of piperidine rings is 1. The highest BCUT2D eigenvalue weighted by molar-refractivity contribution is 5.45. The minimum Gasteiger partial charge on any atom is -0.368 e. The van der Waals surface area contributed by atoms with Crippen molar-refractivity contribution in [2.45, 2.75) is 40.2 Å². The monoisotopic (exact) mass is 234 g/mol. The maximum absolute atomic E-state index is 5.73. The number of hydrogen-bond acceptors (Lipinski definition) is 4. The molecule has 0 saturated carbocycles. The molecule has 0 aliphatic carbocycles. The third-order valence-corrected chi connectivity index (χ3v) is 3.75. The van der Waals surface area contributed by atoms with Gasteiger partial charge in [0.25, 0.3) is 0 Å². The van der Waals surface area contributed by atoms with Gasteiger partial charge in [0.2, 0.25) is 5.95 Å². The Morgan fingerprint density at radius 3 is 2.65 bits per heavy atom.